The van der Waals surface area contributed by atoms with Crippen LogP contribution >= 0.6 is 22.9 Å². The van der Waals surface area contributed by atoms with Crippen LogP contribution in [0.25, 0.3) is 10.2 Å². The van der Waals surface area contributed by atoms with Crippen molar-refractivity contribution in [3.63, 3.8) is 0 Å². The summed E-state index contributed by atoms with van der Waals surface area (Å²) >= 11 is 7.61. The van der Waals surface area contributed by atoms with Gasteiger partial charge in [-0.05, 0) is 19.4 Å². The molecule has 0 atom stereocenters. The van der Waals surface area contributed by atoms with Crippen molar-refractivity contribution in [1.29, 1.82) is 0 Å². The fourth-order valence-corrected chi connectivity index (χ4v) is 3.23. The first-order valence-electron chi connectivity index (χ1n) is 6.19. The summed E-state index contributed by atoms with van der Waals surface area (Å²) < 4.78 is 5.16. The fraction of sp³-hybridized carbons (Fsp3) is 0.538. The molecule has 0 aromatic carbocycles. The number of aromatic nitrogens is 2. The van der Waals surface area contributed by atoms with E-state index in [0.29, 0.717) is 12.5 Å². The minimum absolute atomic E-state index is 0.567. The molecule has 2 aromatic heterocycles. The summed E-state index contributed by atoms with van der Waals surface area (Å²) in [6, 6.07) is 0. The minimum atomic E-state index is 0.567. The number of hydrogen-bond donors (Lipinski definition) is 0. The van der Waals surface area contributed by atoms with E-state index in [1.807, 2.05) is 0 Å². The molecule has 4 nitrogen and oxygen atoms in total. The van der Waals surface area contributed by atoms with Gasteiger partial charge in [0.05, 0.1) is 12.0 Å². The van der Waals surface area contributed by atoms with E-state index in [4.69, 9.17) is 16.3 Å². The highest BCUT2D eigenvalue weighted by Crippen LogP contribution is 2.34. The molecule has 2 rings (SSSR count). The van der Waals surface area contributed by atoms with Crippen LogP contribution in [0.4, 0.5) is 5.82 Å². The smallest absolute Gasteiger partial charge is 0.141 e. The van der Waals surface area contributed by atoms with Gasteiger partial charge in [0.15, 0.2) is 0 Å². The van der Waals surface area contributed by atoms with Gasteiger partial charge in [0.2, 0.25) is 0 Å². The number of fused-ring (bicyclic) bond motifs is 1. The lowest BCUT2D eigenvalue weighted by Crippen LogP contribution is -2.30. The summed E-state index contributed by atoms with van der Waals surface area (Å²) in [6.07, 6.45) is 1.63. The molecule has 104 valence electrons. The number of rotatable bonds is 6. The number of alkyl halides is 1. The first-order valence-corrected chi connectivity index (χ1v) is 7.54. The first kappa shape index (κ1) is 14.5. The molecule has 0 saturated heterocycles. The van der Waals surface area contributed by atoms with E-state index in [1.165, 1.54) is 10.4 Å². The Morgan fingerprint density at radius 3 is 2.79 bits per heavy atom. The number of thiophene rings is 1. The second-order valence-corrected chi connectivity index (χ2v) is 5.91. The molecule has 0 amide bonds. The van der Waals surface area contributed by atoms with Crippen molar-refractivity contribution in [3.8, 4) is 0 Å². The van der Waals surface area contributed by atoms with E-state index >= 15 is 0 Å². The van der Waals surface area contributed by atoms with Gasteiger partial charge in [0, 0.05) is 31.0 Å². The van der Waals surface area contributed by atoms with Crippen molar-refractivity contribution < 1.29 is 4.74 Å². The summed E-state index contributed by atoms with van der Waals surface area (Å²) in [5, 5.41) is 1.14. The van der Waals surface area contributed by atoms with Gasteiger partial charge in [-0.3, -0.25) is 0 Å². The third-order valence-electron chi connectivity index (χ3n) is 3.16. The summed E-state index contributed by atoms with van der Waals surface area (Å²) in [6.45, 7) is 6.43. The Kier molecular flexibility index (Phi) is 4.96. The summed E-state index contributed by atoms with van der Waals surface area (Å²) in [5.74, 6) is 1.53. The van der Waals surface area contributed by atoms with Crippen LogP contribution in [0.5, 0.6) is 0 Å². The van der Waals surface area contributed by atoms with Crippen molar-refractivity contribution >= 4 is 39.0 Å². The maximum absolute atomic E-state index is 5.90. The molecule has 2 aromatic rings. The van der Waals surface area contributed by atoms with Gasteiger partial charge in [-0.1, -0.05) is 0 Å². The zero-order valence-electron chi connectivity index (χ0n) is 11.4. The molecule has 2 heterocycles. The number of nitrogens with zero attached hydrogens (tertiary/aromatic N) is 3. The van der Waals surface area contributed by atoms with Crippen LogP contribution in [-0.2, 0) is 4.74 Å². The Balaban J connectivity index is 2.46. The van der Waals surface area contributed by atoms with E-state index in [-0.39, 0.29) is 0 Å². The Labute approximate surface area is 122 Å². The zero-order chi connectivity index (χ0) is 13.8. The van der Waals surface area contributed by atoms with Crippen molar-refractivity contribution in [2.75, 3.05) is 37.6 Å². The van der Waals surface area contributed by atoms with Gasteiger partial charge in [0.1, 0.15) is 17.0 Å². The van der Waals surface area contributed by atoms with Crippen LogP contribution in [0.2, 0.25) is 0 Å². The van der Waals surface area contributed by atoms with Crippen LogP contribution in [0.3, 0.4) is 0 Å². The Bertz CT molecular complexity index is 558. The fourth-order valence-electron chi connectivity index (χ4n) is 2.03. The standard InChI is InChI=1S/C13H18ClN3OS/c1-9-10(2)19-13-11(9)12(15-8-16-13)17(5-4-14)6-7-18-3/h8H,4-7H2,1-3H3. The average Bonchev–Trinajstić information content (AvgIpc) is 2.70. The molecule has 0 radical (unpaired) electrons. The normalized spacial score (nSPS) is 11.2. The predicted molar refractivity (Wildman–Crippen MR) is 81.7 cm³/mol. The number of hydrogen-bond acceptors (Lipinski definition) is 5. The Morgan fingerprint density at radius 1 is 1.32 bits per heavy atom. The molecule has 0 unspecified atom stereocenters. The molecular weight excluding hydrogens is 282 g/mol. The largest absolute Gasteiger partial charge is 0.383 e. The maximum atomic E-state index is 5.90. The second kappa shape index (κ2) is 6.50. The number of anilines is 1. The quantitative estimate of drug-likeness (QED) is 0.769. The molecule has 0 aliphatic carbocycles. The van der Waals surface area contributed by atoms with Crippen molar-refractivity contribution in [1.82, 2.24) is 9.97 Å². The molecule has 0 aliphatic rings. The lowest BCUT2D eigenvalue weighted by atomic mass is 10.2. The molecule has 0 spiro atoms. The van der Waals surface area contributed by atoms with Gasteiger partial charge >= 0.3 is 0 Å². The molecule has 0 fully saturated rings. The molecule has 6 heteroatoms. The second-order valence-electron chi connectivity index (χ2n) is 4.33. The van der Waals surface area contributed by atoms with Crippen LogP contribution < -0.4 is 4.90 Å². The van der Waals surface area contributed by atoms with E-state index in [1.54, 1.807) is 24.8 Å². The first-order chi connectivity index (χ1) is 9.19. The van der Waals surface area contributed by atoms with Crippen LogP contribution in [0, 0.1) is 13.8 Å². The summed E-state index contributed by atoms with van der Waals surface area (Å²) in [7, 11) is 1.70. The third kappa shape index (κ3) is 2.99. The zero-order valence-corrected chi connectivity index (χ0v) is 13.0. The Morgan fingerprint density at radius 2 is 2.11 bits per heavy atom. The number of halogens is 1. The lowest BCUT2D eigenvalue weighted by molar-refractivity contribution is 0.205. The van der Waals surface area contributed by atoms with E-state index in [0.717, 1.165) is 29.1 Å². The highest BCUT2D eigenvalue weighted by molar-refractivity contribution is 7.18. The molecule has 0 aliphatic heterocycles. The van der Waals surface area contributed by atoms with Crippen molar-refractivity contribution in [3.05, 3.63) is 16.8 Å². The molecule has 0 bridgehead atoms. The van der Waals surface area contributed by atoms with Gasteiger partial charge in [-0.15, -0.1) is 22.9 Å². The highest BCUT2D eigenvalue weighted by atomic mass is 35.5. The van der Waals surface area contributed by atoms with E-state index < -0.39 is 0 Å². The number of methoxy groups -OCH3 is 1. The van der Waals surface area contributed by atoms with Gasteiger partial charge < -0.3 is 9.64 Å². The van der Waals surface area contributed by atoms with Gasteiger partial charge in [0.25, 0.3) is 0 Å². The van der Waals surface area contributed by atoms with Gasteiger partial charge in [-0.2, -0.15) is 0 Å². The van der Waals surface area contributed by atoms with Crippen LogP contribution in [0.1, 0.15) is 10.4 Å². The average molecular weight is 300 g/mol. The van der Waals surface area contributed by atoms with Gasteiger partial charge in [-0.25, -0.2) is 9.97 Å². The van der Waals surface area contributed by atoms with E-state index in [2.05, 4.69) is 28.7 Å². The molecule has 19 heavy (non-hydrogen) atoms. The van der Waals surface area contributed by atoms with Crippen LogP contribution in [-0.4, -0.2) is 42.7 Å². The van der Waals surface area contributed by atoms with Crippen molar-refractivity contribution in [2.24, 2.45) is 0 Å². The summed E-state index contributed by atoms with van der Waals surface area (Å²) in [5.41, 5.74) is 1.26. The highest BCUT2D eigenvalue weighted by Gasteiger charge is 2.16. The third-order valence-corrected chi connectivity index (χ3v) is 4.45. The minimum Gasteiger partial charge on any atom is -0.383 e. The molecular formula is C13H18ClN3OS. The molecule has 0 saturated carbocycles. The number of ether oxygens (including phenoxy) is 1. The lowest BCUT2D eigenvalue weighted by Gasteiger charge is -2.23. The predicted octanol–water partition coefficient (Wildman–Crippen LogP) is 3.00. The monoisotopic (exact) mass is 299 g/mol. The maximum Gasteiger partial charge on any atom is 0.141 e. The Hall–Kier alpha value is -0.910. The van der Waals surface area contributed by atoms with E-state index in [9.17, 15) is 0 Å². The van der Waals surface area contributed by atoms with Crippen LogP contribution in [0.15, 0.2) is 6.33 Å². The molecule has 0 N–H and O–H groups in total. The SMILES string of the molecule is COCCN(CCCl)c1ncnc2sc(C)c(C)c12. The number of aryl methyl sites for hydroxylation is 2. The topological polar surface area (TPSA) is 38.2 Å². The van der Waals surface area contributed by atoms with Crippen molar-refractivity contribution in [2.45, 2.75) is 13.8 Å². The summed E-state index contributed by atoms with van der Waals surface area (Å²) in [4.78, 5) is 13.3.